The summed E-state index contributed by atoms with van der Waals surface area (Å²) in [5.74, 6) is -0.315. The van der Waals surface area contributed by atoms with E-state index in [4.69, 9.17) is 10.5 Å². The van der Waals surface area contributed by atoms with Crippen molar-refractivity contribution in [3.05, 3.63) is 29.8 Å². The largest absolute Gasteiger partial charge is 0.469 e. The Labute approximate surface area is 104 Å². The Bertz CT molecular complexity index is 519. The van der Waals surface area contributed by atoms with Gasteiger partial charge in [-0.3, -0.25) is 10.2 Å². The van der Waals surface area contributed by atoms with Gasteiger partial charge in [0.1, 0.15) is 12.1 Å². The second kappa shape index (κ2) is 6.66. The number of carbonyl (C=O) groups excluding carboxylic acids is 1. The van der Waals surface area contributed by atoms with Crippen LogP contribution in [0.15, 0.2) is 29.4 Å². The lowest BCUT2D eigenvalue weighted by Crippen LogP contribution is -2.04. The molecule has 0 saturated carbocycles. The van der Waals surface area contributed by atoms with Crippen LogP contribution in [-0.2, 0) is 16.0 Å². The van der Waals surface area contributed by atoms with Crippen LogP contribution in [0.3, 0.4) is 0 Å². The maximum atomic E-state index is 11.0. The van der Waals surface area contributed by atoms with Crippen molar-refractivity contribution in [2.75, 3.05) is 12.5 Å². The lowest BCUT2D eigenvalue weighted by Gasteiger charge is -2.02. The van der Waals surface area contributed by atoms with Crippen molar-refractivity contribution >= 4 is 17.4 Å². The molecule has 0 unspecified atom stereocenters. The summed E-state index contributed by atoms with van der Waals surface area (Å²) >= 11 is 0. The number of nitrogens with one attached hydrogen (secondary N) is 1. The molecule has 0 aliphatic carbocycles. The van der Waals surface area contributed by atoms with Gasteiger partial charge in [0.25, 0.3) is 0 Å². The second-order valence-electron chi connectivity index (χ2n) is 3.25. The van der Waals surface area contributed by atoms with Gasteiger partial charge in [-0.25, -0.2) is 0 Å². The van der Waals surface area contributed by atoms with Crippen LogP contribution in [0.25, 0.3) is 0 Å². The van der Waals surface area contributed by atoms with E-state index in [1.54, 1.807) is 36.4 Å². The summed E-state index contributed by atoms with van der Waals surface area (Å²) in [5, 5.41) is 20.6. The molecule has 0 radical (unpaired) electrons. The Morgan fingerprint density at radius 2 is 1.94 bits per heavy atom. The normalized spacial score (nSPS) is 8.61. The van der Waals surface area contributed by atoms with Crippen molar-refractivity contribution < 1.29 is 9.53 Å². The number of esters is 1. The van der Waals surface area contributed by atoms with Gasteiger partial charge < -0.3 is 4.74 Å². The minimum atomic E-state index is -0.315. The highest BCUT2D eigenvalue weighted by atomic mass is 16.5. The monoisotopic (exact) mass is 242 g/mol. The molecule has 0 aliphatic heterocycles. The number of anilines is 1. The number of methoxy groups -OCH3 is 1. The molecular weight excluding hydrogens is 232 g/mol. The zero-order valence-corrected chi connectivity index (χ0v) is 9.67. The smallest absolute Gasteiger partial charge is 0.309 e. The van der Waals surface area contributed by atoms with Crippen LogP contribution in [0.1, 0.15) is 5.56 Å². The van der Waals surface area contributed by atoms with Gasteiger partial charge >= 0.3 is 5.97 Å². The molecule has 1 N–H and O–H groups in total. The van der Waals surface area contributed by atoms with Gasteiger partial charge in [-0.05, 0) is 17.7 Å². The van der Waals surface area contributed by atoms with Gasteiger partial charge in [-0.1, -0.05) is 12.1 Å². The Morgan fingerprint density at radius 3 is 2.44 bits per heavy atom. The predicted molar refractivity (Wildman–Crippen MR) is 64.4 cm³/mol. The van der Waals surface area contributed by atoms with Gasteiger partial charge in [0.2, 0.25) is 5.71 Å². The van der Waals surface area contributed by atoms with E-state index in [1.807, 2.05) is 0 Å². The van der Waals surface area contributed by atoms with E-state index in [0.29, 0.717) is 5.69 Å². The van der Waals surface area contributed by atoms with Crippen LogP contribution >= 0.6 is 0 Å². The van der Waals surface area contributed by atoms with Gasteiger partial charge in [0.05, 0.1) is 19.2 Å². The number of hydrogen-bond acceptors (Lipinski definition) is 6. The van der Waals surface area contributed by atoms with E-state index in [1.165, 1.54) is 7.11 Å². The third kappa shape index (κ3) is 3.95. The quantitative estimate of drug-likeness (QED) is 0.486. The van der Waals surface area contributed by atoms with Crippen LogP contribution in [0.4, 0.5) is 5.69 Å². The topological polar surface area (TPSA) is 98.3 Å². The number of benzene rings is 1. The van der Waals surface area contributed by atoms with Gasteiger partial charge in [0, 0.05) is 0 Å². The number of nitrogens with zero attached hydrogens (tertiary/aromatic N) is 3. The van der Waals surface area contributed by atoms with Crippen LogP contribution in [0.5, 0.6) is 0 Å². The van der Waals surface area contributed by atoms with Gasteiger partial charge in [-0.2, -0.15) is 15.6 Å². The minimum Gasteiger partial charge on any atom is -0.469 e. The molecule has 1 rings (SSSR count). The van der Waals surface area contributed by atoms with Crippen molar-refractivity contribution in [1.82, 2.24) is 0 Å². The molecule has 0 bridgehead atoms. The zero-order valence-electron chi connectivity index (χ0n) is 9.67. The van der Waals surface area contributed by atoms with E-state index < -0.39 is 0 Å². The molecule has 90 valence electrons. The molecule has 6 heteroatoms. The Kier molecular flexibility index (Phi) is 4.89. The van der Waals surface area contributed by atoms with E-state index in [9.17, 15) is 4.79 Å². The molecule has 0 amide bonds. The molecule has 6 nitrogen and oxygen atoms in total. The molecule has 0 fully saturated rings. The third-order valence-corrected chi connectivity index (χ3v) is 2.04. The first-order chi connectivity index (χ1) is 8.69. The molecule has 1 aromatic rings. The van der Waals surface area contributed by atoms with Crippen molar-refractivity contribution in [2.24, 2.45) is 5.10 Å². The fourth-order valence-corrected chi connectivity index (χ4v) is 1.13. The third-order valence-electron chi connectivity index (χ3n) is 2.04. The predicted octanol–water partition coefficient (Wildman–Crippen LogP) is 1.22. The molecular formula is C12H10N4O2. The maximum Gasteiger partial charge on any atom is 0.309 e. The number of carbonyl (C=O) groups is 1. The average Bonchev–Trinajstić information content (AvgIpc) is 2.41. The Hall–Kier alpha value is -2.86. The second-order valence-corrected chi connectivity index (χ2v) is 3.25. The first kappa shape index (κ1) is 13.2. The summed E-state index contributed by atoms with van der Waals surface area (Å²) in [6, 6.07) is 10.1. The number of hydrogen-bond donors (Lipinski definition) is 1. The highest BCUT2D eigenvalue weighted by molar-refractivity contribution is 6.10. The molecule has 0 atom stereocenters. The van der Waals surface area contributed by atoms with Crippen molar-refractivity contribution in [2.45, 2.75) is 6.42 Å². The zero-order chi connectivity index (χ0) is 13.4. The number of ether oxygens (including phenoxy) is 1. The maximum absolute atomic E-state index is 11.0. The molecule has 1 aromatic carbocycles. The van der Waals surface area contributed by atoms with Crippen molar-refractivity contribution in [1.29, 1.82) is 10.5 Å². The van der Waals surface area contributed by atoms with Gasteiger partial charge in [-0.15, -0.1) is 0 Å². The molecule has 0 spiro atoms. The summed E-state index contributed by atoms with van der Waals surface area (Å²) < 4.78 is 4.54. The highest BCUT2D eigenvalue weighted by Gasteiger charge is 2.02. The van der Waals surface area contributed by atoms with Crippen molar-refractivity contribution in [3.63, 3.8) is 0 Å². The van der Waals surface area contributed by atoms with Crippen LogP contribution in [0.2, 0.25) is 0 Å². The summed E-state index contributed by atoms with van der Waals surface area (Å²) in [4.78, 5) is 11.0. The van der Waals surface area contributed by atoms with Crippen LogP contribution < -0.4 is 5.43 Å². The first-order valence-electron chi connectivity index (χ1n) is 4.99. The Balaban J connectivity index is 2.67. The molecule has 0 aromatic heterocycles. The fourth-order valence-electron chi connectivity index (χ4n) is 1.13. The summed E-state index contributed by atoms with van der Waals surface area (Å²) in [5.41, 5.74) is 3.73. The standard InChI is InChI=1S/C12H10N4O2/c1-18-12(17)6-9-2-4-10(5-3-9)15-16-11(7-13)8-14/h2-5,15H,6H2,1H3. The van der Waals surface area contributed by atoms with Crippen LogP contribution in [0, 0.1) is 22.7 Å². The van der Waals surface area contributed by atoms with E-state index >= 15 is 0 Å². The number of rotatable bonds is 4. The lowest BCUT2D eigenvalue weighted by atomic mass is 10.1. The Morgan fingerprint density at radius 1 is 1.33 bits per heavy atom. The minimum absolute atomic E-state index is 0.196. The van der Waals surface area contributed by atoms with E-state index in [-0.39, 0.29) is 18.1 Å². The fraction of sp³-hybridized carbons (Fsp3) is 0.167. The molecule has 0 heterocycles. The number of hydrazone groups is 1. The first-order valence-corrected chi connectivity index (χ1v) is 4.99. The molecule has 18 heavy (non-hydrogen) atoms. The summed E-state index contributed by atoms with van der Waals surface area (Å²) in [7, 11) is 1.33. The molecule has 0 aliphatic rings. The molecule has 0 saturated heterocycles. The number of nitriles is 2. The van der Waals surface area contributed by atoms with Gasteiger partial charge in [0.15, 0.2) is 0 Å². The summed E-state index contributed by atoms with van der Waals surface area (Å²) in [6.07, 6.45) is 0.196. The average molecular weight is 242 g/mol. The SMILES string of the molecule is COC(=O)Cc1ccc(NN=C(C#N)C#N)cc1. The van der Waals surface area contributed by atoms with Crippen molar-refractivity contribution in [3.8, 4) is 12.1 Å². The highest BCUT2D eigenvalue weighted by Crippen LogP contribution is 2.10. The van der Waals surface area contributed by atoms with Crippen LogP contribution in [-0.4, -0.2) is 18.8 Å². The van der Waals surface area contributed by atoms with E-state index in [2.05, 4.69) is 15.3 Å². The van der Waals surface area contributed by atoms with E-state index in [0.717, 1.165) is 5.56 Å². The summed E-state index contributed by atoms with van der Waals surface area (Å²) in [6.45, 7) is 0. The lowest BCUT2D eigenvalue weighted by molar-refractivity contribution is -0.139.